The number of fused-ring (bicyclic) bond motifs is 1. The van der Waals surface area contributed by atoms with E-state index in [1.54, 1.807) is 16.3 Å². The summed E-state index contributed by atoms with van der Waals surface area (Å²) in [5.41, 5.74) is 4.40. The van der Waals surface area contributed by atoms with E-state index in [9.17, 15) is 0 Å². The van der Waals surface area contributed by atoms with Crippen LogP contribution in [0.2, 0.25) is 0 Å². The molecule has 3 aromatic rings. The van der Waals surface area contributed by atoms with E-state index < -0.39 is 0 Å². The van der Waals surface area contributed by atoms with Gasteiger partial charge < -0.3 is 15.0 Å². The van der Waals surface area contributed by atoms with Crippen molar-refractivity contribution in [1.82, 2.24) is 19.6 Å². The number of aromatic nitrogens is 4. The van der Waals surface area contributed by atoms with Crippen LogP contribution in [0.3, 0.4) is 0 Å². The molecule has 7 nitrogen and oxygen atoms in total. The van der Waals surface area contributed by atoms with Gasteiger partial charge in [-0.25, -0.2) is 9.50 Å². The highest BCUT2D eigenvalue weighted by atomic mass is 32.2. The Labute approximate surface area is 163 Å². The zero-order valence-corrected chi connectivity index (χ0v) is 16.9. The lowest BCUT2D eigenvalue weighted by Crippen LogP contribution is -2.82. The number of ether oxygens (including phenoxy) is 1. The normalized spacial score (nSPS) is 19.7. The van der Waals surface area contributed by atoms with Crippen molar-refractivity contribution < 1.29 is 10.1 Å². The second-order valence-electron chi connectivity index (χ2n) is 7.09. The topological polar surface area (TPSA) is 72.2 Å². The van der Waals surface area contributed by atoms with E-state index in [1.807, 2.05) is 34.0 Å². The van der Waals surface area contributed by atoms with Crippen molar-refractivity contribution in [2.24, 2.45) is 0 Å². The van der Waals surface area contributed by atoms with Crippen LogP contribution in [0.5, 0.6) is 0 Å². The SMILES string of the molecule is Cc1cc(C)n2nc(SC[C@H]3C[NH2+][C@@H](c4ccc(N(C)C)cc4)O3)nc2n1. The minimum Gasteiger partial charge on any atom is -0.378 e. The first-order valence-electron chi connectivity index (χ1n) is 9.09. The second kappa shape index (κ2) is 7.46. The molecule has 0 radical (unpaired) electrons. The minimum atomic E-state index is 0.0624. The lowest BCUT2D eigenvalue weighted by molar-refractivity contribution is -0.697. The number of anilines is 1. The number of thioether (sulfide) groups is 1. The van der Waals surface area contributed by atoms with Crippen molar-refractivity contribution in [2.75, 3.05) is 31.3 Å². The van der Waals surface area contributed by atoms with Gasteiger partial charge in [0, 0.05) is 42.5 Å². The third-order valence-corrected chi connectivity index (χ3v) is 5.66. The fourth-order valence-corrected chi connectivity index (χ4v) is 4.09. The Kier molecular flexibility index (Phi) is 5.03. The molecule has 0 unspecified atom stereocenters. The summed E-state index contributed by atoms with van der Waals surface area (Å²) in [5.74, 6) is 1.49. The molecule has 1 aromatic carbocycles. The van der Waals surface area contributed by atoms with E-state index in [4.69, 9.17) is 4.74 Å². The Morgan fingerprint density at radius 1 is 1.22 bits per heavy atom. The van der Waals surface area contributed by atoms with Crippen LogP contribution in [0.4, 0.5) is 5.69 Å². The molecular weight excluding hydrogens is 360 g/mol. The van der Waals surface area contributed by atoms with Gasteiger partial charge in [-0.2, -0.15) is 4.98 Å². The molecule has 0 saturated carbocycles. The van der Waals surface area contributed by atoms with Crippen molar-refractivity contribution in [1.29, 1.82) is 0 Å². The molecule has 1 fully saturated rings. The molecule has 1 saturated heterocycles. The van der Waals surface area contributed by atoms with Gasteiger partial charge >= 0.3 is 0 Å². The maximum absolute atomic E-state index is 6.22. The fraction of sp³-hybridized carbons (Fsp3) is 0.421. The molecular formula is C19H25N6OS+. The van der Waals surface area contributed by atoms with Gasteiger partial charge in [0.15, 0.2) is 0 Å². The first-order chi connectivity index (χ1) is 13.0. The van der Waals surface area contributed by atoms with Crippen molar-refractivity contribution >= 4 is 23.2 Å². The van der Waals surface area contributed by atoms with Crippen molar-refractivity contribution in [2.45, 2.75) is 31.3 Å². The summed E-state index contributed by atoms with van der Waals surface area (Å²) < 4.78 is 8.02. The van der Waals surface area contributed by atoms with Crippen molar-refractivity contribution in [3.63, 3.8) is 0 Å². The molecule has 4 rings (SSSR count). The molecule has 0 spiro atoms. The summed E-state index contributed by atoms with van der Waals surface area (Å²) in [5, 5.41) is 7.55. The third-order valence-electron chi connectivity index (χ3n) is 4.69. The molecule has 1 aliphatic heterocycles. The number of aryl methyl sites for hydroxylation is 2. The minimum absolute atomic E-state index is 0.0624. The van der Waals surface area contributed by atoms with Crippen molar-refractivity contribution in [3.05, 3.63) is 47.3 Å². The van der Waals surface area contributed by atoms with Gasteiger partial charge in [0.25, 0.3) is 5.78 Å². The fourth-order valence-electron chi connectivity index (χ4n) is 3.25. The Morgan fingerprint density at radius 2 is 2.00 bits per heavy atom. The van der Waals surface area contributed by atoms with Crippen LogP contribution in [0.1, 0.15) is 23.2 Å². The molecule has 0 aliphatic carbocycles. The molecule has 27 heavy (non-hydrogen) atoms. The summed E-state index contributed by atoms with van der Waals surface area (Å²) in [6, 6.07) is 10.6. The summed E-state index contributed by atoms with van der Waals surface area (Å²) in [4.78, 5) is 11.1. The highest BCUT2D eigenvalue weighted by molar-refractivity contribution is 7.99. The Hall–Kier alpha value is -2.16. The second-order valence-corrected chi connectivity index (χ2v) is 8.08. The van der Waals surface area contributed by atoms with Gasteiger partial charge in [-0.1, -0.05) is 11.8 Å². The molecule has 0 amide bonds. The van der Waals surface area contributed by atoms with Crippen molar-refractivity contribution in [3.8, 4) is 0 Å². The number of rotatable bonds is 5. The predicted molar refractivity (Wildman–Crippen MR) is 106 cm³/mol. The highest BCUT2D eigenvalue weighted by Gasteiger charge is 2.30. The van der Waals surface area contributed by atoms with Crippen LogP contribution < -0.4 is 10.2 Å². The van der Waals surface area contributed by atoms with Gasteiger partial charge in [0.2, 0.25) is 11.4 Å². The molecule has 3 heterocycles. The molecule has 142 valence electrons. The number of hydrogen-bond acceptors (Lipinski definition) is 6. The zero-order valence-electron chi connectivity index (χ0n) is 16.1. The van der Waals surface area contributed by atoms with Crippen LogP contribution in [0, 0.1) is 13.8 Å². The van der Waals surface area contributed by atoms with Crippen LogP contribution in [0.15, 0.2) is 35.5 Å². The van der Waals surface area contributed by atoms with Gasteiger partial charge in [0.05, 0.1) is 0 Å². The lowest BCUT2D eigenvalue weighted by atomic mass is 10.2. The lowest BCUT2D eigenvalue weighted by Gasteiger charge is -2.14. The smallest absolute Gasteiger partial charge is 0.253 e. The van der Waals surface area contributed by atoms with E-state index >= 15 is 0 Å². The maximum atomic E-state index is 6.22. The van der Waals surface area contributed by atoms with E-state index in [0.29, 0.717) is 5.78 Å². The quantitative estimate of drug-likeness (QED) is 0.672. The van der Waals surface area contributed by atoms with Crippen LogP contribution in [-0.4, -0.2) is 52.1 Å². The summed E-state index contributed by atoms with van der Waals surface area (Å²) in [6.07, 6.45) is 0.239. The number of nitrogens with two attached hydrogens (primary N) is 1. The first-order valence-corrected chi connectivity index (χ1v) is 10.1. The third kappa shape index (κ3) is 3.92. The first kappa shape index (κ1) is 18.2. The average molecular weight is 386 g/mol. The molecule has 2 aromatic heterocycles. The van der Waals surface area contributed by atoms with Gasteiger partial charge in [0.1, 0.15) is 12.6 Å². The van der Waals surface area contributed by atoms with Crippen LogP contribution >= 0.6 is 11.8 Å². The number of hydrogen-bond donors (Lipinski definition) is 1. The van der Waals surface area contributed by atoms with E-state index in [1.165, 1.54) is 11.3 Å². The number of nitrogens with zero attached hydrogens (tertiary/aromatic N) is 5. The van der Waals surface area contributed by atoms with Gasteiger partial charge in [-0.15, -0.1) is 5.10 Å². The molecule has 1 aliphatic rings. The Bertz CT molecular complexity index is 939. The summed E-state index contributed by atoms with van der Waals surface area (Å²) in [6.45, 7) is 4.94. The number of quaternary nitrogens is 1. The molecule has 0 bridgehead atoms. The van der Waals surface area contributed by atoms with Crippen LogP contribution in [-0.2, 0) is 4.74 Å². The van der Waals surface area contributed by atoms with E-state index in [2.05, 4.69) is 49.5 Å². The largest absolute Gasteiger partial charge is 0.378 e. The summed E-state index contributed by atoms with van der Waals surface area (Å²) >= 11 is 1.63. The van der Waals surface area contributed by atoms with E-state index in [0.717, 1.165) is 28.8 Å². The molecule has 8 heteroatoms. The monoisotopic (exact) mass is 385 g/mol. The Balaban J connectivity index is 1.37. The summed E-state index contributed by atoms with van der Waals surface area (Å²) in [7, 11) is 4.10. The van der Waals surface area contributed by atoms with E-state index in [-0.39, 0.29) is 12.3 Å². The Morgan fingerprint density at radius 3 is 2.74 bits per heavy atom. The molecule has 2 atom stereocenters. The standard InChI is InChI=1S/C19H24N6OS/c1-12-9-13(2)25-18(21-12)22-19(23-25)27-11-16-10-20-17(26-16)14-5-7-15(8-6-14)24(3)4/h5-9,16-17,20H,10-11H2,1-4H3/p+1/t16-,17-/m1/s1. The number of benzene rings is 1. The van der Waals surface area contributed by atoms with Gasteiger partial charge in [-0.3, -0.25) is 0 Å². The highest BCUT2D eigenvalue weighted by Crippen LogP contribution is 2.23. The van der Waals surface area contributed by atoms with Gasteiger partial charge in [-0.05, 0) is 44.2 Å². The predicted octanol–water partition coefficient (Wildman–Crippen LogP) is 1.56. The molecule has 2 N–H and O–H groups in total. The maximum Gasteiger partial charge on any atom is 0.253 e. The average Bonchev–Trinajstić information content (AvgIpc) is 3.27. The zero-order chi connectivity index (χ0) is 19.0. The van der Waals surface area contributed by atoms with Crippen LogP contribution in [0.25, 0.3) is 5.78 Å².